The molecule has 2 rings (SSSR count). The summed E-state index contributed by atoms with van der Waals surface area (Å²) in [5.74, 6) is 0.577. The molecule has 0 bridgehead atoms. The maximum atomic E-state index is 12.0. The van der Waals surface area contributed by atoms with Crippen LogP contribution in [-0.2, 0) is 16.6 Å². The second-order valence-electron chi connectivity index (χ2n) is 7.11. The number of nitrogens with zero attached hydrogens (tertiary/aromatic N) is 1. The van der Waals surface area contributed by atoms with E-state index in [9.17, 15) is 4.79 Å². The van der Waals surface area contributed by atoms with Crippen molar-refractivity contribution >= 4 is 35.8 Å². The van der Waals surface area contributed by atoms with Crippen LogP contribution in [0, 0.1) is 0 Å². The van der Waals surface area contributed by atoms with Gasteiger partial charge in [0.25, 0.3) is 0 Å². The third-order valence-corrected chi connectivity index (χ3v) is 4.47. The van der Waals surface area contributed by atoms with E-state index in [2.05, 4.69) is 59.1 Å². The Balaban J connectivity index is 0.00000392. The van der Waals surface area contributed by atoms with E-state index in [4.69, 9.17) is 0 Å². The lowest BCUT2D eigenvalue weighted by Gasteiger charge is -2.26. The molecule has 5 nitrogen and oxygen atoms in total. The smallest absolute Gasteiger partial charge is 0.239 e. The van der Waals surface area contributed by atoms with Gasteiger partial charge in [-0.25, -0.2) is 0 Å². The molecule has 0 aromatic heterocycles. The highest BCUT2D eigenvalue weighted by Gasteiger charge is 2.20. The number of nitrogens with one attached hydrogen (secondary N) is 3. The summed E-state index contributed by atoms with van der Waals surface area (Å²) in [6.07, 6.45) is 0.824. The summed E-state index contributed by atoms with van der Waals surface area (Å²) in [5.41, 5.74) is 2.43. The van der Waals surface area contributed by atoms with E-state index < -0.39 is 0 Å². The van der Waals surface area contributed by atoms with E-state index in [1.807, 2.05) is 36.4 Å². The van der Waals surface area contributed by atoms with Gasteiger partial charge in [0.2, 0.25) is 5.91 Å². The van der Waals surface area contributed by atoms with Gasteiger partial charge in [-0.15, -0.1) is 24.0 Å². The SMILES string of the molecule is CN=C(NCC(=O)NCCc1ccccc1)NCC(C)(C)c1ccccc1.I. The van der Waals surface area contributed by atoms with Gasteiger partial charge >= 0.3 is 0 Å². The summed E-state index contributed by atoms with van der Waals surface area (Å²) in [5, 5.41) is 9.30. The lowest BCUT2D eigenvalue weighted by atomic mass is 9.85. The van der Waals surface area contributed by atoms with E-state index in [0.29, 0.717) is 19.0 Å². The second kappa shape index (κ2) is 12.4. The first-order valence-corrected chi connectivity index (χ1v) is 9.32. The highest BCUT2D eigenvalue weighted by Crippen LogP contribution is 2.21. The lowest BCUT2D eigenvalue weighted by molar-refractivity contribution is -0.119. The Morgan fingerprint density at radius 3 is 2.14 bits per heavy atom. The van der Waals surface area contributed by atoms with E-state index in [1.54, 1.807) is 7.05 Å². The Morgan fingerprint density at radius 2 is 1.54 bits per heavy atom. The van der Waals surface area contributed by atoms with Crippen LogP contribution in [0.2, 0.25) is 0 Å². The fourth-order valence-corrected chi connectivity index (χ4v) is 2.73. The van der Waals surface area contributed by atoms with Gasteiger partial charge in [-0.3, -0.25) is 9.79 Å². The number of amides is 1. The first-order chi connectivity index (χ1) is 13.0. The van der Waals surface area contributed by atoms with Gasteiger partial charge < -0.3 is 16.0 Å². The maximum absolute atomic E-state index is 12.0. The number of rotatable bonds is 8. The van der Waals surface area contributed by atoms with Gasteiger partial charge in [0, 0.05) is 25.6 Å². The van der Waals surface area contributed by atoms with Crippen molar-refractivity contribution in [3.63, 3.8) is 0 Å². The zero-order valence-electron chi connectivity index (χ0n) is 16.9. The van der Waals surface area contributed by atoms with Gasteiger partial charge in [0.15, 0.2) is 5.96 Å². The molecule has 0 saturated carbocycles. The van der Waals surface area contributed by atoms with Crippen LogP contribution >= 0.6 is 24.0 Å². The minimum Gasteiger partial charge on any atom is -0.356 e. The Labute approximate surface area is 185 Å². The summed E-state index contributed by atoms with van der Waals surface area (Å²) < 4.78 is 0. The highest BCUT2D eigenvalue weighted by atomic mass is 127. The summed E-state index contributed by atoms with van der Waals surface area (Å²) in [6, 6.07) is 20.5. The highest BCUT2D eigenvalue weighted by molar-refractivity contribution is 14.0. The number of benzene rings is 2. The quantitative estimate of drug-likeness (QED) is 0.300. The molecular formula is C22H31IN4O. The molecular weight excluding hydrogens is 463 g/mol. The number of aliphatic imine (C=N–C) groups is 1. The molecule has 152 valence electrons. The molecule has 28 heavy (non-hydrogen) atoms. The number of hydrogen-bond donors (Lipinski definition) is 3. The molecule has 0 radical (unpaired) electrons. The molecule has 0 heterocycles. The minimum atomic E-state index is -0.0452. The molecule has 2 aromatic rings. The van der Waals surface area contributed by atoms with Gasteiger partial charge in [0.05, 0.1) is 6.54 Å². The molecule has 0 aliphatic heterocycles. The van der Waals surface area contributed by atoms with Gasteiger partial charge in [-0.05, 0) is 17.5 Å². The van der Waals surface area contributed by atoms with Gasteiger partial charge in [-0.2, -0.15) is 0 Å². The summed E-state index contributed by atoms with van der Waals surface area (Å²) >= 11 is 0. The largest absolute Gasteiger partial charge is 0.356 e. The number of halogens is 1. The summed E-state index contributed by atoms with van der Waals surface area (Å²) in [6.45, 7) is 5.89. The Bertz CT molecular complexity index is 733. The van der Waals surface area contributed by atoms with Crippen molar-refractivity contribution in [2.24, 2.45) is 4.99 Å². The van der Waals surface area contributed by atoms with Crippen LogP contribution in [0.1, 0.15) is 25.0 Å². The van der Waals surface area contributed by atoms with Crippen LogP contribution in [0.3, 0.4) is 0 Å². The summed E-state index contributed by atoms with van der Waals surface area (Å²) in [4.78, 5) is 16.2. The molecule has 0 saturated heterocycles. The molecule has 0 spiro atoms. The van der Waals surface area contributed by atoms with Crippen molar-refractivity contribution in [1.29, 1.82) is 0 Å². The van der Waals surface area contributed by atoms with Crippen LogP contribution in [-0.4, -0.2) is 38.5 Å². The van der Waals surface area contributed by atoms with E-state index in [1.165, 1.54) is 11.1 Å². The van der Waals surface area contributed by atoms with Crippen molar-refractivity contribution < 1.29 is 4.79 Å². The van der Waals surface area contributed by atoms with Crippen LogP contribution in [0.15, 0.2) is 65.7 Å². The number of guanidine groups is 1. The monoisotopic (exact) mass is 494 g/mol. The fourth-order valence-electron chi connectivity index (χ4n) is 2.73. The molecule has 0 aliphatic carbocycles. The Kier molecular flexibility index (Phi) is 10.6. The fraction of sp³-hybridized carbons (Fsp3) is 0.364. The van der Waals surface area contributed by atoms with Crippen LogP contribution in [0.25, 0.3) is 0 Å². The zero-order chi connectivity index (χ0) is 19.5. The Morgan fingerprint density at radius 1 is 0.929 bits per heavy atom. The maximum Gasteiger partial charge on any atom is 0.239 e. The molecule has 0 atom stereocenters. The molecule has 2 aromatic carbocycles. The second-order valence-corrected chi connectivity index (χ2v) is 7.11. The predicted molar refractivity (Wildman–Crippen MR) is 127 cm³/mol. The zero-order valence-corrected chi connectivity index (χ0v) is 19.2. The topological polar surface area (TPSA) is 65.5 Å². The number of carbonyl (C=O) groups excluding carboxylic acids is 1. The average molecular weight is 494 g/mol. The van der Waals surface area contributed by atoms with Crippen LogP contribution in [0.5, 0.6) is 0 Å². The Hall–Kier alpha value is -2.09. The lowest BCUT2D eigenvalue weighted by Crippen LogP contribution is -2.46. The molecule has 3 N–H and O–H groups in total. The average Bonchev–Trinajstić information content (AvgIpc) is 2.69. The van der Waals surface area contributed by atoms with E-state index in [0.717, 1.165) is 6.42 Å². The third kappa shape index (κ3) is 8.29. The standard InChI is InChI=1S/C22H30N4O.HI/c1-22(2,19-12-8-5-9-13-19)17-26-21(23-3)25-16-20(27)24-15-14-18-10-6-4-7-11-18;/h4-13H,14-17H2,1-3H3,(H,24,27)(H2,23,25,26);1H. The molecule has 0 fully saturated rings. The predicted octanol–water partition coefficient (Wildman–Crippen LogP) is 3.11. The van der Waals surface area contributed by atoms with Crippen LogP contribution in [0.4, 0.5) is 0 Å². The molecule has 1 amide bonds. The van der Waals surface area contributed by atoms with Crippen molar-refractivity contribution in [2.45, 2.75) is 25.7 Å². The van der Waals surface area contributed by atoms with E-state index >= 15 is 0 Å². The normalized spacial score (nSPS) is 11.3. The van der Waals surface area contributed by atoms with Gasteiger partial charge in [-0.1, -0.05) is 74.5 Å². The number of carbonyl (C=O) groups is 1. The number of hydrogen-bond acceptors (Lipinski definition) is 2. The first-order valence-electron chi connectivity index (χ1n) is 9.32. The first kappa shape index (κ1) is 23.9. The molecule has 6 heteroatoms. The summed E-state index contributed by atoms with van der Waals surface area (Å²) in [7, 11) is 1.71. The van der Waals surface area contributed by atoms with Crippen LogP contribution < -0.4 is 16.0 Å². The third-order valence-electron chi connectivity index (χ3n) is 4.47. The van der Waals surface area contributed by atoms with Crippen molar-refractivity contribution in [3.05, 3.63) is 71.8 Å². The van der Waals surface area contributed by atoms with Crippen molar-refractivity contribution in [2.75, 3.05) is 26.7 Å². The van der Waals surface area contributed by atoms with E-state index in [-0.39, 0.29) is 41.8 Å². The van der Waals surface area contributed by atoms with Crippen molar-refractivity contribution in [3.8, 4) is 0 Å². The van der Waals surface area contributed by atoms with Crippen molar-refractivity contribution in [1.82, 2.24) is 16.0 Å². The minimum absolute atomic E-state index is 0. The molecule has 0 unspecified atom stereocenters. The van der Waals surface area contributed by atoms with Gasteiger partial charge in [0.1, 0.15) is 0 Å². The molecule has 0 aliphatic rings.